The highest BCUT2D eigenvalue weighted by atomic mass is 31.2. The molecule has 0 aromatic rings. The third-order valence-corrected chi connectivity index (χ3v) is 8.15. The lowest BCUT2D eigenvalue weighted by atomic mass is 10.1. The summed E-state index contributed by atoms with van der Waals surface area (Å²) in [6.07, 6.45) is 38.3. The molecule has 0 aliphatic rings. The summed E-state index contributed by atoms with van der Waals surface area (Å²) >= 11 is 0. The maximum atomic E-state index is 12.5. The van der Waals surface area contributed by atoms with Crippen molar-refractivity contribution in [3.8, 4) is 0 Å². The zero-order valence-corrected chi connectivity index (χ0v) is 30.8. The summed E-state index contributed by atoms with van der Waals surface area (Å²) in [4.78, 5) is 34.6. The molecule has 0 saturated carbocycles. The Hall–Kier alpha value is -2.29. The van der Waals surface area contributed by atoms with Gasteiger partial charge in [-0.2, -0.15) is 0 Å². The van der Waals surface area contributed by atoms with E-state index in [9.17, 15) is 19.0 Å². The van der Waals surface area contributed by atoms with E-state index in [1.54, 1.807) is 0 Å². The van der Waals surface area contributed by atoms with Crippen LogP contribution in [-0.4, -0.2) is 49.3 Å². The summed E-state index contributed by atoms with van der Waals surface area (Å²) in [5.41, 5.74) is 5.32. The van der Waals surface area contributed by atoms with Crippen molar-refractivity contribution in [3.05, 3.63) is 60.8 Å². The Kier molecular flexibility index (Phi) is 32.9. The number of ether oxygens (including phenoxy) is 2. The molecule has 1 unspecified atom stereocenters. The molecule has 276 valence electrons. The van der Waals surface area contributed by atoms with Crippen molar-refractivity contribution in [3.63, 3.8) is 0 Å². The van der Waals surface area contributed by atoms with Gasteiger partial charge in [0.05, 0.1) is 13.2 Å². The molecule has 9 nitrogen and oxygen atoms in total. The van der Waals surface area contributed by atoms with Crippen LogP contribution in [-0.2, 0) is 32.7 Å². The lowest BCUT2D eigenvalue weighted by Crippen LogP contribution is -2.29. The van der Waals surface area contributed by atoms with Crippen LogP contribution in [0.1, 0.15) is 136 Å². The van der Waals surface area contributed by atoms with Gasteiger partial charge in [-0.05, 0) is 51.4 Å². The minimum absolute atomic E-state index is 0.0441. The maximum Gasteiger partial charge on any atom is 0.472 e. The van der Waals surface area contributed by atoms with Crippen LogP contribution in [0.4, 0.5) is 0 Å². The van der Waals surface area contributed by atoms with Crippen LogP contribution in [0.15, 0.2) is 60.8 Å². The number of rotatable bonds is 33. The van der Waals surface area contributed by atoms with Crippen LogP contribution in [0.3, 0.4) is 0 Å². The van der Waals surface area contributed by atoms with Crippen molar-refractivity contribution in [1.29, 1.82) is 0 Å². The van der Waals surface area contributed by atoms with Gasteiger partial charge in [0.2, 0.25) is 0 Å². The summed E-state index contributed by atoms with van der Waals surface area (Å²) in [7, 11) is -4.38. The van der Waals surface area contributed by atoms with Crippen molar-refractivity contribution in [1.82, 2.24) is 0 Å². The molecule has 10 heteroatoms. The number of unbranched alkanes of at least 4 members (excludes halogenated alkanes) is 10. The second-order valence-electron chi connectivity index (χ2n) is 11.7. The second kappa shape index (κ2) is 34.6. The van der Waals surface area contributed by atoms with Gasteiger partial charge in [-0.1, -0.05) is 132 Å². The first-order valence-corrected chi connectivity index (χ1v) is 19.8. The Morgan fingerprint density at radius 1 is 0.646 bits per heavy atom. The molecule has 0 spiro atoms. The normalized spacial score (nSPS) is 14.2. The second-order valence-corrected chi connectivity index (χ2v) is 13.2. The van der Waals surface area contributed by atoms with Crippen LogP contribution in [0.2, 0.25) is 0 Å². The number of phosphoric ester groups is 1. The predicted molar refractivity (Wildman–Crippen MR) is 196 cm³/mol. The maximum absolute atomic E-state index is 12.5. The third-order valence-electron chi connectivity index (χ3n) is 7.17. The number of nitrogens with two attached hydrogens (primary N) is 1. The summed E-state index contributed by atoms with van der Waals surface area (Å²) < 4.78 is 32.5. The fourth-order valence-corrected chi connectivity index (χ4v) is 5.26. The molecule has 48 heavy (non-hydrogen) atoms. The zero-order valence-electron chi connectivity index (χ0n) is 29.9. The molecule has 0 rings (SSSR count). The topological polar surface area (TPSA) is 134 Å². The molecule has 0 aromatic carbocycles. The van der Waals surface area contributed by atoms with Gasteiger partial charge in [0, 0.05) is 19.4 Å². The van der Waals surface area contributed by atoms with E-state index in [4.69, 9.17) is 24.3 Å². The quantitative estimate of drug-likeness (QED) is 0.0298. The van der Waals surface area contributed by atoms with Crippen LogP contribution in [0.25, 0.3) is 0 Å². The molecule has 2 atom stereocenters. The molecular formula is C38H66NO8P. The first-order chi connectivity index (χ1) is 23.3. The molecule has 0 radical (unpaired) electrons. The SMILES string of the molecule is CC/C=C\C/C=C\C/C=C\C/C=C\C/C=C\CCCC(=O)OC[C@H](COP(=O)(O)OCCN)OC(=O)CCCCCCCCCCCC. The monoisotopic (exact) mass is 695 g/mol. The van der Waals surface area contributed by atoms with E-state index >= 15 is 0 Å². The Morgan fingerprint density at radius 3 is 1.69 bits per heavy atom. The number of hydrogen-bond donors (Lipinski definition) is 2. The van der Waals surface area contributed by atoms with Gasteiger partial charge in [0.15, 0.2) is 6.10 Å². The summed E-state index contributed by atoms with van der Waals surface area (Å²) in [5, 5.41) is 0. The van der Waals surface area contributed by atoms with Crippen LogP contribution in [0, 0.1) is 0 Å². The summed E-state index contributed by atoms with van der Waals surface area (Å²) in [5.74, 6) is -0.905. The first kappa shape index (κ1) is 45.7. The Bertz CT molecular complexity index is 976. The van der Waals surface area contributed by atoms with E-state index in [0.717, 1.165) is 57.8 Å². The van der Waals surface area contributed by atoms with Crippen molar-refractivity contribution in [2.45, 2.75) is 142 Å². The molecule has 0 heterocycles. The fraction of sp³-hybridized carbons (Fsp3) is 0.684. The fourth-order valence-electron chi connectivity index (χ4n) is 4.49. The van der Waals surface area contributed by atoms with E-state index in [-0.39, 0.29) is 32.6 Å². The van der Waals surface area contributed by atoms with Crippen LogP contribution in [0.5, 0.6) is 0 Å². The van der Waals surface area contributed by atoms with E-state index in [1.165, 1.54) is 38.5 Å². The van der Waals surface area contributed by atoms with Crippen molar-refractivity contribution < 1.29 is 37.6 Å². The van der Waals surface area contributed by atoms with Gasteiger partial charge in [0.1, 0.15) is 6.61 Å². The minimum Gasteiger partial charge on any atom is -0.462 e. The van der Waals surface area contributed by atoms with Crippen LogP contribution < -0.4 is 5.73 Å². The highest BCUT2D eigenvalue weighted by Crippen LogP contribution is 2.43. The van der Waals surface area contributed by atoms with Crippen molar-refractivity contribution in [2.24, 2.45) is 5.73 Å². The third kappa shape index (κ3) is 33.6. The highest BCUT2D eigenvalue weighted by molar-refractivity contribution is 7.47. The Morgan fingerprint density at radius 2 is 1.15 bits per heavy atom. The minimum atomic E-state index is -4.38. The van der Waals surface area contributed by atoms with E-state index in [0.29, 0.717) is 12.8 Å². The van der Waals surface area contributed by atoms with Gasteiger partial charge in [-0.15, -0.1) is 0 Å². The van der Waals surface area contributed by atoms with Gasteiger partial charge >= 0.3 is 19.8 Å². The molecular weight excluding hydrogens is 629 g/mol. The molecule has 3 N–H and O–H groups in total. The lowest BCUT2D eigenvalue weighted by molar-refractivity contribution is -0.161. The first-order valence-electron chi connectivity index (χ1n) is 18.3. The van der Waals surface area contributed by atoms with Crippen molar-refractivity contribution >= 4 is 19.8 Å². The standard InChI is InChI=1S/C38H66NO8P/c1-3-5-7-9-11-13-15-16-17-18-19-20-21-23-24-26-28-30-37(40)44-34-36(35-46-48(42,43)45-33-32-39)47-38(41)31-29-27-25-22-14-12-10-8-6-4-2/h5,7,11,13,16-17,19-20,23-24,36H,3-4,6,8-10,12,14-15,18,21-22,25-35,39H2,1-2H3,(H,42,43)/b7-5-,13-11-,17-16-,20-19-,24-23-/t36-/m1/s1. The van der Waals surface area contributed by atoms with Gasteiger partial charge < -0.3 is 20.1 Å². The molecule has 0 amide bonds. The molecule has 0 aliphatic carbocycles. The molecule has 0 saturated heterocycles. The Labute approximate surface area is 291 Å². The van der Waals surface area contributed by atoms with Gasteiger partial charge in [0.25, 0.3) is 0 Å². The number of hydrogen-bond acceptors (Lipinski definition) is 8. The molecule has 0 aromatic heterocycles. The average molecular weight is 696 g/mol. The molecule has 0 aliphatic heterocycles. The molecule has 0 fully saturated rings. The van der Waals surface area contributed by atoms with E-state index in [1.807, 2.05) is 6.08 Å². The van der Waals surface area contributed by atoms with Crippen molar-refractivity contribution in [2.75, 3.05) is 26.4 Å². The largest absolute Gasteiger partial charge is 0.472 e. The smallest absolute Gasteiger partial charge is 0.462 e. The summed E-state index contributed by atoms with van der Waals surface area (Å²) in [6, 6.07) is 0. The number of carbonyl (C=O) groups excluding carboxylic acids is 2. The molecule has 0 bridgehead atoms. The van der Waals surface area contributed by atoms with Gasteiger partial charge in [-0.25, -0.2) is 4.57 Å². The van der Waals surface area contributed by atoms with E-state index in [2.05, 4.69) is 68.5 Å². The number of carbonyl (C=O) groups is 2. The summed E-state index contributed by atoms with van der Waals surface area (Å²) in [6.45, 7) is 3.50. The number of esters is 2. The number of phosphoric acid groups is 1. The van der Waals surface area contributed by atoms with E-state index < -0.39 is 32.5 Å². The van der Waals surface area contributed by atoms with Gasteiger partial charge in [-0.3, -0.25) is 18.6 Å². The zero-order chi connectivity index (χ0) is 35.4. The number of allylic oxidation sites excluding steroid dienone is 10. The lowest BCUT2D eigenvalue weighted by Gasteiger charge is -2.19. The highest BCUT2D eigenvalue weighted by Gasteiger charge is 2.25. The predicted octanol–water partition coefficient (Wildman–Crippen LogP) is 9.77. The Balaban J connectivity index is 4.34. The average Bonchev–Trinajstić information content (AvgIpc) is 3.07. The van der Waals surface area contributed by atoms with Crippen LogP contribution >= 0.6 is 7.82 Å².